The van der Waals surface area contributed by atoms with E-state index >= 15 is 0 Å². The van der Waals surface area contributed by atoms with E-state index in [2.05, 4.69) is 5.32 Å². The number of ether oxygens (including phenoxy) is 1. The van der Waals surface area contributed by atoms with E-state index in [0.29, 0.717) is 0 Å². The van der Waals surface area contributed by atoms with Crippen molar-refractivity contribution in [3.63, 3.8) is 0 Å². The highest BCUT2D eigenvalue weighted by Crippen LogP contribution is 2.37. The molecule has 3 nitrogen and oxygen atoms in total. The summed E-state index contributed by atoms with van der Waals surface area (Å²) in [5.41, 5.74) is -1.19. The third-order valence-corrected chi connectivity index (χ3v) is 1.92. The average Bonchev–Trinajstić information content (AvgIpc) is 2.18. The van der Waals surface area contributed by atoms with Gasteiger partial charge in [0.25, 0.3) is 0 Å². The van der Waals surface area contributed by atoms with Crippen molar-refractivity contribution in [2.75, 3.05) is 11.9 Å². The molecule has 1 amide bonds. The van der Waals surface area contributed by atoms with Gasteiger partial charge in [0.2, 0.25) is 5.91 Å². The van der Waals surface area contributed by atoms with Crippen molar-refractivity contribution in [2.24, 2.45) is 0 Å². The summed E-state index contributed by atoms with van der Waals surface area (Å²) in [6, 6.07) is 3.42. The van der Waals surface area contributed by atoms with E-state index in [1.54, 1.807) is 6.92 Å². The van der Waals surface area contributed by atoms with Gasteiger partial charge in [0.15, 0.2) is 0 Å². The maximum atomic E-state index is 12.7. The van der Waals surface area contributed by atoms with E-state index in [-0.39, 0.29) is 18.0 Å². The monoisotopic (exact) mass is 247 g/mol. The van der Waals surface area contributed by atoms with Gasteiger partial charge in [-0.25, -0.2) is 0 Å². The molecule has 0 radical (unpaired) electrons. The van der Waals surface area contributed by atoms with E-state index in [4.69, 9.17) is 4.74 Å². The Morgan fingerprint density at radius 2 is 2.06 bits per heavy atom. The molecular weight excluding hydrogens is 235 g/mol. The third kappa shape index (κ3) is 3.65. The van der Waals surface area contributed by atoms with Gasteiger partial charge in [-0.15, -0.1) is 0 Å². The lowest BCUT2D eigenvalue weighted by molar-refractivity contribution is -0.137. The molecule has 1 N–H and O–H groups in total. The zero-order valence-electron chi connectivity index (χ0n) is 9.39. The summed E-state index contributed by atoms with van der Waals surface area (Å²) in [5, 5.41) is 2.13. The van der Waals surface area contributed by atoms with Gasteiger partial charge in [-0.05, 0) is 25.1 Å². The highest BCUT2D eigenvalue weighted by molar-refractivity contribution is 5.89. The molecule has 0 aliphatic rings. The van der Waals surface area contributed by atoms with Crippen LogP contribution < -0.4 is 10.1 Å². The number of rotatable bonds is 3. The highest BCUT2D eigenvalue weighted by atomic mass is 19.4. The summed E-state index contributed by atoms with van der Waals surface area (Å²) in [4.78, 5) is 10.8. The molecule has 0 aromatic heterocycles. The first kappa shape index (κ1) is 13.3. The molecule has 17 heavy (non-hydrogen) atoms. The van der Waals surface area contributed by atoms with E-state index < -0.39 is 17.6 Å². The number of anilines is 1. The summed E-state index contributed by atoms with van der Waals surface area (Å²) in [5.74, 6) is -0.436. The normalized spacial score (nSPS) is 11.1. The smallest absolute Gasteiger partial charge is 0.418 e. The standard InChI is InChI=1S/C11H12F3NO2/c1-3-17-8-4-5-10(15-7(2)16)9(6-8)11(12,13)14/h4-6H,3H2,1-2H3,(H,15,16). The minimum Gasteiger partial charge on any atom is -0.494 e. The van der Waals surface area contributed by atoms with Crippen LogP contribution in [0.4, 0.5) is 18.9 Å². The Labute approximate surface area is 96.6 Å². The van der Waals surface area contributed by atoms with Gasteiger partial charge in [-0.2, -0.15) is 13.2 Å². The number of alkyl halides is 3. The quantitative estimate of drug-likeness (QED) is 0.891. The lowest BCUT2D eigenvalue weighted by atomic mass is 10.1. The lowest BCUT2D eigenvalue weighted by Gasteiger charge is -2.14. The fourth-order valence-corrected chi connectivity index (χ4v) is 1.31. The first-order valence-corrected chi connectivity index (χ1v) is 4.96. The second-order valence-electron chi connectivity index (χ2n) is 3.32. The van der Waals surface area contributed by atoms with Crippen molar-refractivity contribution in [3.8, 4) is 5.75 Å². The minimum atomic E-state index is -4.54. The van der Waals surface area contributed by atoms with Gasteiger partial charge >= 0.3 is 6.18 Å². The van der Waals surface area contributed by atoms with Crippen LogP contribution in [-0.2, 0) is 11.0 Å². The molecule has 0 saturated carbocycles. The molecule has 0 unspecified atom stereocenters. The Kier molecular flexibility index (Phi) is 3.98. The van der Waals surface area contributed by atoms with E-state index in [0.717, 1.165) is 13.0 Å². The zero-order valence-corrected chi connectivity index (χ0v) is 9.39. The molecule has 1 aromatic rings. The summed E-state index contributed by atoms with van der Waals surface area (Å²) in [7, 11) is 0. The fourth-order valence-electron chi connectivity index (χ4n) is 1.31. The number of halogens is 3. The van der Waals surface area contributed by atoms with E-state index in [9.17, 15) is 18.0 Å². The van der Waals surface area contributed by atoms with Crippen LogP contribution in [0.3, 0.4) is 0 Å². The first-order chi connectivity index (χ1) is 7.84. The van der Waals surface area contributed by atoms with Crippen molar-refractivity contribution in [3.05, 3.63) is 23.8 Å². The molecule has 0 bridgehead atoms. The lowest BCUT2D eigenvalue weighted by Crippen LogP contribution is -2.14. The van der Waals surface area contributed by atoms with Crippen molar-refractivity contribution in [1.82, 2.24) is 0 Å². The maximum absolute atomic E-state index is 12.7. The molecule has 0 heterocycles. The van der Waals surface area contributed by atoms with Crippen LogP contribution in [0.15, 0.2) is 18.2 Å². The Balaban J connectivity index is 3.17. The van der Waals surface area contributed by atoms with Crippen molar-refractivity contribution >= 4 is 11.6 Å². The Hall–Kier alpha value is -1.72. The van der Waals surface area contributed by atoms with Crippen molar-refractivity contribution < 1.29 is 22.7 Å². The topological polar surface area (TPSA) is 38.3 Å². The van der Waals surface area contributed by atoms with E-state index in [1.807, 2.05) is 0 Å². The largest absolute Gasteiger partial charge is 0.494 e. The molecule has 0 saturated heterocycles. The number of carbonyl (C=O) groups is 1. The van der Waals surface area contributed by atoms with Crippen molar-refractivity contribution in [1.29, 1.82) is 0 Å². The highest BCUT2D eigenvalue weighted by Gasteiger charge is 2.34. The number of hydrogen-bond acceptors (Lipinski definition) is 2. The van der Waals surface area contributed by atoms with Gasteiger partial charge in [-0.3, -0.25) is 4.79 Å². The molecule has 94 valence electrons. The van der Waals surface area contributed by atoms with Crippen LogP contribution in [0.25, 0.3) is 0 Å². The predicted octanol–water partition coefficient (Wildman–Crippen LogP) is 3.06. The SMILES string of the molecule is CCOc1ccc(NC(C)=O)c(C(F)(F)F)c1. The van der Waals surface area contributed by atoms with Gasteiger partial charge in [0.05, 0.1) is 17.9 Å². The Morgan fingerprint density at radius 3 is 2.53 bits per heavy atom. The molecule has 0 atom stereocenters. The molecule has 0 aliphatic heterocycles. The molecule has 0 spiro atoms. The van der Waals surface area contributed by atoms with Crippen LogP contribution in [0.1, 0.15) is 19.4 Å². The number of carbonyl (C=O) groups excluding carboxylic acids is 1. The number of hydrogen-bond donors (Lipinski definition) is 1. The van der Waals surface area contributed by atoms with Crippen LogP contribution in [0.5, 0.6) is 5.75 Å². The Morgan fingerprint density at radius 1 is 1.41 bits per heavy atom. The van der Waals surface area contributed by atoms with Crippen LogP contribution in [0, 0.1) is 0 Å². The summed E-state index contributed by atoms with van der Waals surface area (Å²) < 4.78 is 43.1. The summed E-state index contributed by atoms with van der Waals surface area (Å²) in [6.45, 7) is 3.10. The zero-order chi connectivity index (χ0) is 13.1. The first-order valence-electron chi connectivity index (χ1n) is 4.96. The van der Waals surface area contributed by atoms with Crippen molar-refractivity contribution in [2.45, 2.75) is 20.0 Å². The van der Waals surface area contributed by atoms with Gasteiger partial charge < -0.3 is 10.1 Å². The molecule has 0 aliphatic carbocycles. The van der Waals surface area contributed by atoms with Gasteiger partial charge in [0, 0.05) is 6.92 Å². The molecule has 1 aromatic carbocycles. The number of benzene rings is 1. The van der Waals surface area contributed by atoms with E-state index in [1.165, 1.54) is 12.1 Å². The summed E-state index contributed by atoms with van der Waals surface area (Å²) >= 11 is 0. The van der Waals surface area contributed by atoms with Crippen LogP contribution in [0.2, 0.25) is 0 Å². The fraction of sp³-hybridized carbons (Fsp3) is 0.364. The van der Waals surface area contributed by atoms with Crippen LogP contribution in [-0.4, -0.2) is 12.5 Å². The molecule has 0 fully saturated rings. The molecule has 6 heteroatoms. The molecular formula is C11H12F3NO2. The second kappa shape index (κ2) is 5.07. The third-order valence-electron chi connectivity index (χ3n) is 1.92. The summed E-state index contributed by atoms with van der Waals surface area (Å²) in [6.07, 6.45) is -4.54. The predicted molar refractivity (Wildman–Crippen MR) is 56.9 cm³/mol. The van der Waals surface area contributed by atoms with Crippen LogP contribution >= 0.6 is 0 Å². The van der Waals surface area contributed by atoms with Gasteiger partial charge in [-0.1, -0.05) is 0 Å². The second-order valence-corrected chi connectivity index (χ2v) is 3.32. The van der Waals surface area contributed by atoms with Gasteiger partial charge in [0.1, 0.15) is 5.75 Å². The number of amides is 1. The molecule has 1 rings (SSSR count). The maximum Gasteiger partial charge on any atom is 0.418 e. The number of nitrogens with one attached hydrogen (secondary N) is 1. The Bertz CT molecular complexity index is 416. The average molecular weight is 247 g/mol. The minimum absolute atomic E-state index is 0.119.